The lowest BCUT2D eigenvalue weighted by molar-refractivity contribution is -0.146. The van der Waals surface area contributed by atoms with Gasteiger partial charge in [-0.25, -0.2) is 9.59 Å². The summed E-state index contributed by atoms with van der Waals surface area (Å²) in [5, 5.41) is 0. The normalized spacial score (nSPS) is 21.2. The Balaban J connectivity index is 1.32. The van der Waals surface area contributed by atoms with Crippen LogP contribution in [0.2, 0.25) is 0 Å². The first kappa shape index (κ1) is 42.3. The summed E-state index contributed by atoms with van der Waals surface area (Å²) in [5.74, 6) is 3.55. The van der Waals surface area contributed by atoms with Gasteiger partial charge >= 0.3 is 11.9 Å². The molecule has 5 aliphatic carbocycles. The van der Waals surface area contributed by atoms with Crippen molar-refractivity contribution in [2.75, 3.05) is 40.6 Å². The van der Waals surface area contributed by atoms with Gasteiger partial charge in [-0.1, -0.05) is 61.4 Å². The average Bonchev–Trinajstić information content (AvgIpc) is 3.22. The van der Waals surface area contributed by atoms with Gasteiger partial charge in [-0.05, 0) is 181 Å². The molecule has 9 rings (SSSR count). The van der Waals surface area contributed by atoms with E-state index in [1.807, 2.05) is 28.1 Å². The van der Waals surface area contributed by atoms with Crippen LogP contribution in [0.3, 0.4) is 0 Å². The molecule has 62 heavy (non-hydrogen) atoms. The molecule has 4 atom stereocenters. The summed E-state index contributed by atoms with van der Waals surface area (Å²) in [5.41, 5.74) is 14.7. The average molecular weight is 841 g/mol. The Hall–Kier alpha value is -4.98. The predicted molar refractivity (Wildman–Crippen MR) is 241 cm³/mol. The molecule has 0 aromatic heterocycles. The van der Waals surface area contributed by atoms with E-state index in [0.29, 0.717) is 26.1 Å². The molecule has 0 spiro atoms. The van der Waals surface area contributed by atoms with Crippen LogP contribution in [0.15, 0.2) is 48.5 Å². The van der Waals surface area contributed by atoms with Gasteiger partial charge in [0, 0.05) is 12.8 Å². The molecule has 0 aliphatic heterocycles. The molecule has 0 saturated heterocycles. The third kappa shape index (κ3) is 8.55. The second-order valence-electron chi connectivity index (χ2n) is 18.3. The zero-order valence-electron chi connectivity index (χ0n) is 37.3. The molecule has 0 amide bonds. The molecule has 4 aromatic rings. The van der Waals surface area contributed by atoms with Crippen molar-refractivity contribution in [3.63, 3.8) is 0 Å². The molecule has 2 saturated carbocycles. The van der Waals surface area contributed by atoms with Gasteiger partial charge in [0.25, 0.3) is 0 Å². The summed E-state index contributed by atoms with van der Waals surface area (Å²) in [6.07, 6.45) is 15.9. The summed E-state index contributed by atoms with van der Waals surface area (Å²) in [6, 6.07) is 19.1. The minimum Gasteiger partial charge on any atom is -0.496 e. The number of esters is 2. The lowest BCUT2D eigenvalue weighted by Gasteiger charge is -2.41. The quantitative estimate of drug-likeness (QED) is 0.146. The number of rotatable bonds is 10. The van der Waals surface area contributed by atoms with E-state index in [-0.39, 0.29) is 48.8 Å². The van der Waals surface area contributed by atoms with Crippen molar-refractivity contribution in [3.05, 3.63) is 115 Å². The molecule has 0 N–H and O–H groups in total. The topological polar surface area (TPSA) is 89.5 Å². The third-order valence-electron chi connectivity index (χ3n) is 14.5. The van der Waals surface area contributed by atoms with Gasteiger partial charge in [-0.15, -0.1) is 0 Å². The zero-order chi connectivity index (χ0) is 42.7. The van der Waals surface area contributed by atoms with Crippen molar-refractivity contribution in [3.8, 4) is 23.0 Å². The highest BCUT2D eigenvalue weighted by Crippen LogP contribution is 2.58. The van der Waals surface area contributed by atoms with Crippen LogP contribution in [0, 0.1) is 0 Å². The number of methoxy groups -OCH3 is 2. The zero-order valence-corrected chi connectivity index (χ0v) is 37.3. The first-order valence-corrected chi connectivity index (χ1v) is 23.6. The monoisotopic (exact) mass is 840 g/mol. The molecule has 4 aromatic carbocycles. The van der Waals surface area contributed by atoms with Gasteiger partial charge in [-0.2, -0.15) is 0 Å². The van der Waals surface area contributed by atoms with E-state index in [4.69, 9.17) is 28.4 Å². The van der Waals surface area contributed by atoms with E-state index in [1.165, 1.54) is 44.5 Å². The van der Waals surface area contributed by atoms with Crippen LogP contribution in [0.4, 0.5) is 0 Å². The van der Waals surface area contributed by atoms with E-state index in [0.717, 1.165) is 135 Å². The van der Waals surface area contributed by atoms with Crippen LogP contribution in [0.25, 0.3) is 0 Å². The number of hydrogen-bond donors (Lipinski definition) is 0. The highest BCUT2D eigenvalue weighted by molar-refractivity contribution is 5.72. The SMILES string of the molecule is CCOC(=O)COc1c2cc3cc1[C@@H]1CC[C@@H]1c1cc(cc(c1OC)Cc1cc4cc(c1OCC(=O)OCC)[C@@H]1CC[C@@H]1c1cc(cc(c1OC)C2)CCCCC4)CCCCC3. The lowest BCUT2D eigenvalue weighted by atomic mass is 9.64. The fourth-order valence-electron chi connectivity index (χ4n) is 11.4. The number of ether oxygens (including phenoxy) is 6. The van der Waals surface area contributed by atoms with Crippen LogP contribution < -0.4 is 18.9 Å². The fourth-order valence-corrected chi connectivity index (χ4v) is 11.4. The summed E-state index contributed by atoms with van der Waals surface area (Å²) in [4.78, 5) is 26.0. The van der Waals surface area contributed by atoms with Crippen LogP contribution in [0.1, 0.15) is 168 Å². The van der Waals surface area contributed by atoms with Gasteiger partial charge in [0.1, 0.15) is 23.0 Å². The van der Waals surface area contributed by atoms with Gasteiger partial charge in [-0.3, -0.25) is 0 Å². The van der Waals surface area contributed by atoms with Crippen LogP contribution >= 0.6 is 0 Å². The summed E-state index contributed by atoms with van der Waals surface area (Å²) in [7, 11) is 3.64. The molecule has 0 unspecified atom stereocenters. The highest BCUT2D eigenvalue weighted by atomic mass is 16.6. The standard InChI is InChI=1S/C54H64O8/c1-5-59-49(55)31-61-53-39-23-35-15-11-7-9-14-34-22-38(52(58-4)45(25-34)41-17-19-43(41)47(53)27-35)30-40-24-36-16-12-8-10-13-33-21-37(29-39)51(57-3)46(26-33)42-18-20-44(42)48(28-36)54(40)62-32-50(56)60-6-2/h21-28,41-44H,5-20,29-32H2,1-4H3/t41-,42-,43+,44+/m0/s1. The molecule has 8 heteroatoms. The molecule has 2 fully saturated rings. The van der Waals surface area contributed by atoms with E-state index in [9.17, 15) is 9.59 Å². The van der Waals surface area contributed by atoms with Crippen LogP contribution in [-0.4, -0.2) is 52.6 Å². The van der Waals surface area contributed by atoms with Gasteiger partial charge in [0.05, 0.1) is 27.4 Å². The largest absolute Gasteiger partial charge is 0.496 e. The molecule has 5 aliphatic rings. The third-order valence-corrected chi connectivity index (χ3v) is 14.5. The van der Waals surface area contributed by atoms with Gasteiger partial charge < -0.3 is 28.4 Å². The Morgan fingerprint density at radius 2 is 0.758 bits per heavy atom. The molecular weight excluding hydrogens is 777 g/mol. The predicted octanol–water partition coefficient (Wildman–Crippen LogP) is 10.9. The van der Waals surface area contributed by atoms with Crippen molar-refractivity contribution in [2.24, 2.45) is 0 Å². The number of benzene rings is 4. The van der Waals surface area contributed by atoms with Crippen LogP contribution in [0.5, 0.6) is 23.0 Å². The second-order valence-corrected chi connectivity index (χ2v) is 18.3. The molecule has 0 heterocycles. The Bertz CT molecular complexity index is 2150. The number of carbonyl (C=O) groups excluding carboxylic acids is 2. The smallest absolute Gasteiger partial charge is 0.344 e. The van der Waals surface area contributed by atoms with E-state index in [1.54, 1.807) is 0 Å². The second kappa shape index (κ2) is 18.8. The van der Waals surface area contributed by atoms with E-state index >= 15 is 0 Å². The number of fused-ring (bicyclic) bond motifs is 8. The minimum atomic E-state index is -0.356. The molecule has 8 nitrogen and oxygen atoms in total. The maximum atomic E-state index is 13.0. The number of aryl methyl sites for hydroxylation is 4. The fraction of sp³-hybridized carbons (Fsp3) is 0.519. The first-order valence-electron chi connectivity index (χ1n) is 23.6. The maximum absolute atomic E-state index is 13.0. The molecular formula is C54H64O8. The first-order chi connectivity index (χ1) is 30.3. The van der Waals surface area contributed by atoms with E-state index < -0.39 is 0 Å². The van der Waals surface area contributed by atoms with Crippen LogP contribution in [-0.2, 0) is 57.6 Å². The van der Waals surface area contributed by atoms with E-state index in [2.05, 4.69) is 48.5 Å². The number of carbonyl (C=O) groups is 2. The summed E-state index contributed by atoms with van der Waals surface area (Å²) in [6.45, 7) is 4.02. The van der Waals surface area contributed by atoms with Gasteiger partial charge in [0.2, 0.25) is 0 Å². The van der Waals surface area contributed by atoms with Gasteiger partial charge in [0.15, 0.2) is 13.2 Å². The molecule has 12 bridgehead atoms. The minimum absolute atomic E-state index is 0.139. The summed E-state index contributed by atoms with van der Waals surface area (Å²) >= 11 is 0. The Morgan fingerprint density at radius 1 is 0.452 bits per heavy atom. The van der Waals surface area contributed by atoms with Crippen molar-refractivity contribution in [1.29, 1.82) is 0 Å². The number of hydrogen-bond acceptors (Lipinski definition) is 8. The highest BCUT2D eigenvalue weighted by Gasteiger charge is 2.41. The van der Waals surface area contributed by atoms with Crippen molar-refractivity contribution >= 4 is 11.9 Å². The Labute approximate surface area is 368 Å². The Morgan fingerprint density at radius 3 is 1.05 bits per heavy atom. The van der Waals surface area contributed by atoms with Crippen molar-refractivity contribution < 1.29 is 38.0 Å². The summed E-state index contributed by atoms with van der Waals surface area (Å²) < 4.78 is 37.4. The maximum Gasteiger partial charge on any atom is 0.344 e. The molecule has 328 valence electrons. The molecule has 0 radical (unpaired) electrons. The van der Waals surface area contributed by atoms with Crippen molar-refractivity contribution in [1.82, 2.24) is 0 Å². The Kier molecular flexibility index (Phi) is 12.8. The lowest BCUT2D eigenvalue weighted by Crippen LogP contribution is -2.26. The van der Waals surface area contributed by atoms with Crippen molar-refractivity contribution in [2.45, 2.75) is 140 Å².